The zero-order chi connectivity index (χ0) is 23.6. The Hall–Kier alpha value is -2.82. The Bertz CT molecular complexity index is 1180. The number of hydrogen-bond acceptors (Lipinski definition) is 7. The first-order chi connectivity index (χ1) is 15.9. The number of carbonyl (C=O) groups is 1. The van der Waals surface area contributed by atoms with Crippen LogP contribution in [0.2, 0.25) is 0 Å². The molecule has 1 atom stereocenters. The van der Waals surface area contributed by atoms with Gasteiger partial charge in [0, 0.05) is 25.0 Å². The number of nitrogens with two attached hydrogens (primary N) is 1. The van der Waals surface area contributed by atoms with E-state index in [1.807, 2.05) is 30.3 Å². The van der Waals surface area contributed by atoms with E-state index in [1.54, 1.807) is 24.5 Å². The van der Waals surface area contributed by atoms with E-state index >= 15 is 0 Å². The molecule has 3 aromatic rings. The Labute approximate surface area is 199 Å². The number of hydrogen-bond donors (Lipinski definition) is 1. The number of halogens is 2. The number of amides is 1. The average molecular weight is 488 g/mol. The maximum Gasteiger partial charge on any atom is 0.272 e. The highest BCUT2D eigenvalue weighted by atomic mass is 32.2. The van der Waals surface area contributed by atoms with Gasteiger partial charge in [-0.1, -0.05) is 42.1 Å². The summed E-state index contributed by atoms with van der Waals surface area (Å²) < 4.78 is 28.7. The second-order valence-electron chi connectivity index (χ2n) is 7.70. The smallest absolute Gasteiger partial charge is 0.272 e. The Balaban J connectivity index is 1.87. The van der Waals surface area contributed by atoms with Crippen molar-refractivity contribution in [2.45, 2.75) is 17.7 Å². The minimum absolute atomic E-state index is 0.0803. The van der Waals surface area contributed by atoms with Crippen molar-refractivity contribution in [3.05, 3.63) is 82.4 Å². The number of thiazole rings is 1. The molecule has 10 heteroatoms. The molecule has 1 aliphatic rings. The molecule has 0 saturated carbocycles. The van der Waals surface area contributed by atoms with Crippen molar-refractivity contribution in [1.29, 1.82) is 0 Å². The van der Waals surface area contributed by atoms with Gasteiger partial charge in [0.2, 0.25) is 5.13 Å². The van der Waals surface area contributed by atoms with Crippen LogP contribution in [0.4, 0.5) is 13.9 Å². The van der Waals surface area contributed by atoms with Crippen molar-refractivity contribution in [1.82, 2.24) is 9.88 Å². The maximum atomic E-state index is 14.7. The quantitative estimate of drug-likeness (QED) is 0.526. The maximum absolute atomic E-state index is 14.7. The Morgan fingerprint density at radius 2 is 1.94 bits per heavy atom. The molecule has 6 nitrogen and oxygen atoms in total. The summed E-state index contributed by atoms with van der Waals surface area (Å²) in [5.74, 6) is -1.33. The molecule has 0 aliphatic carbocycles. The number of nitrogens with zero attached hydrogens (tertiary/aromatic N) is 4. The summed E-state index contributed by atoms with van der Waals surface area (Å²) in [6.07, 6.45) is 1.25. The van der Waals surface area contributed by atoms with Crippen molar-refractivity contribution in [3.63, 3.8) is 0 Å². The molecule has 0 spiro atoms. The molecule has 1 amide bonds. The summed E-state index contributed by atoms with van der Waals surface area (Å²) in [7, 11) is 3.32. The molecular weight excluding hydrogens is 464 g/mol. The molecule has 2 aromatic carbocycles. The molecule has 33 heavy (non-hydrogen) atoms. The van der Waals surface area contributed by atoms with E-state index in [2.05, 4.69) is 4.98 Å². The van der Waals surface area contributed by atoms with Crippen LogP contribution in [0.1, 0.15) is 34.5 Å². The number of carbonyl (C=O) groups excluding carboxylic acids is 1. The summed E-state index contributed by atoms with van der Waals surface area (Å²) in [4.78, 5) is 17.7. The molecule has 4 rings (SSSR count). The molecule has 1 aliphatic heterocycles. The molecule has 2 heterocycles. The molecule has 2 N–H and O–H groups in total. The zero-order valence-corrected chi connectivity index (χ0v) is 19.8. The van der Waals surface area contributed by atoms with Crippen LogP contribution in [0.15, 0.2) is 59.0 Å². The number of aromatic nitrogens is 1. The van der Waals surface area contributed by atoms with Gasteiger partial charge in [-0.05, 0) is 43.1 Å². The normalized spacial score (nSPS) is 17.8. The molecule has 0 bridgehead atoms. The van der Waals surface area contributed by atoms with Crippen LogP contribution >= 0.6 is 23.1 Å². The molecular formula is C23H23F2N5OS2. The summed E-state index contributed by atoms with van der Waals surface area (Å²) in [5, 5.41) is 8.94. The topological polar surface area (TPSA) is 74.8 Å². The van der Waals surface area contributed by atoms with E-state index in [4.69, 9.17) is 10.8 Å². The molecule has 0 saturated heterocycles. The van der Waals surface area contributed by atoms with Crippen LogP contribution in [0.5, 0.6) is 0 Å². The fraction of sp³-hybridized carbons (Fsp3) is 0.261. The van der Waals surface area contributed by atoms with E-state index in [9.17, 15) is 13.6 Å². The summed E-state index contributed by atoms with van der Waals surface area (Å²) >= 11 is 2.61. The number of anilines is 1. The van der Waals surface area contributed by atoms with Crippen LogP contribution in [0.25, 0.3) is 0 Å². The lowest BCUT2D eigenvalue weighted by molar-refractivity contribution is 0.0823. The number of benzene rings is 2. The van der Waals surface area contributed by atoms with Gasteiger partial charge < -0.3 is 10.6 Å². The lowest BCUT2D eigenvalue weighted by Crippen LogP contribution is -2.38. The second-order valence-corrected chi connectivity index (χ2v) is 9.80. The van der Waals surface area contributed by atoms with Gasteiger partial charge in [0.05, 0.1) is 0 Å². The van der Waals surface area contributed by atoms with E-state index in [1.165, 1.54) is 28.0 Å². The summed E-state index contributed by atoms with van der Waals surface area (Å²) in [6, 6.07) is 13.0. The highest BCUT2D eigenvalue weighted by molar-refractivity contribution is 8.15. The number of rotatable bonds is 7. The fourth-order valence-electron chi connectivity index (χ4n) is 3.57. The van der Waals surface area contributed by atoms with Crippen LogP contribution in [-0.2, 0) is 4.87 Å². The van der Waals surface area contributed by atoms with Crippen LogP contribution < -0.4 is 10.7 Å². The predicted octanol–water partition coefficient (Wildman–Crippen LogP) is 4.63. The van der Waals surface area contributed by atoms with E-state index < -0.39 is 16.5 Å². The number of hydrazone groups is 1. The lowest BCUT2D eigenvalue weighted by atomic mass is 10.0. The van der Waals surface area contributed by atoms with Crippen molar-refractivity contribution in [3.8, 4) is 0 Å². The predicted molar refractivity (Wildman–Crippen MR) is 130 cm³/mol. The third-order valence-electron chi connectivity index (χ3n) is 5.20. The zero-order valence-electron chi connectivity index (χ0n) is 18.2. The van der Waals surface area contributed by atoms with E-state index in [0.29, 0.717) is 35.3 Å². The Kier molecular flexibility index (Phi) is 6.78. The first-order valence-corrected chi connectivity index (χ1v) is 12.0. The summed E-state index contributed by atoms with van der Waals surface area (Å²) in [5.41, 5.74) is 7.16. The van der Waals surface area contributed by atoms with Crippen LogP contribution in [0.3, 0.4) is 0 Å². The first kappa shape index (κ1) is 23.3. The monoisotopic (exact) mass is 487 g/mol. The first-order valence-electron chi connectivity index (χ1n) is 10.3. The van der Waals surface area contributed by atoms with Crippen LogP contribution in [0, 0.1) is 11.6 Å². The molecule has 0 radical (unpaired) electrons. The Morgan fingerprint density at radius 1 is 1.18 bits per heavy atom. The van der Waals surface area contributed by atoms with Gasteiger partial charge in [0.1, 0.15) is 27.2 Å². The van der Waals surface area contributed by atoms with E-state index in [0.717, 1.165) is 23.8 Å². The van der Waals surface area contributed by atoms with Gasteiger partial charge in [-0.3, -0.25) is 4.79 Å². The highest BCUT2D eigenvalue weighted by Crippen LogP contribution is 2.52. The Morgan fingerprint density at radius 3 is 2.64 bits per heavy atom. The minimum Gasteiger partial charge on any atom is -0.343 e. The number of thioether (sulfide) groups is 1. The SMILES string of the molecule is CN(C)C(=O)c1csc(N2N=C(c3cc(F)ccc3F)SC2(CCCN)c2ccccc2)n1. The van der Waals surface area contributed by atoms with E-state index in [-0.39, 0.29) is 11.5 Å². The van der Waals surface area contributed by atoms with Crippen molar-refractivity contribution < 1.29 is 13.6 Å². The third kappa shape index (κ3) is 4.50. The molecule has 172 valence electrons. The van der Waals surface area contributed by atoms with Gasteiger partial charge in [-0.2, -0.15) is 5.10 Å². The largest absolute Gasteiger partial charge is 0.343 e. The molecule has 1 aromatic heterocycles. The van der Waals surface area contributed by atoms with Crippen molar-refractivity contribution in [2.75, 3.05) is 25.6 Å². The van der Waals surface area contributed by atoms with Crippen molar-refractivity contribution >= 4 is 39.2 Å². The van der Waals surface area contributed by atoms with Gasteiger partial charge >= 0.3 is 0 Å². The summed E-state index contributed by atoms with van der Waals surface area (Å²) in [6.45, 7) is 0.453. The second kappa shape index (κ2) is 9.58. The van der Waals surface area contributed by atoms with Gasteiger partial charge in [-0.15, -0.1) is 11.3 Å². The molecule has 1 unspecified atom stereocenters. The minimum atomic E-state index is -0.787. The van der Waals surface area contributed by atoms with Gasteiger partial charge in [0.15, 0.2) is 0 Å². The average Bonchev–Trinajstić information content (AvgIpc) is 3.45. The van der Waals surface area contributed by atoms with Gasteiger partial charge in [0.25, 0.3) is 5.91 Å². The van der Waals surface area contributed by atoms with Crippen LogP contribution in [-0.4, -0.2) is 41.5 Å². The fourth-order valence-corrected chi connectivity index (χ4v) is 5.87. The lowest BCUT2D eigenvalue weighted by Gasteiger charge is -2.35. The third-order valence-corrected chi connectivity index (χ3v) is 7.46. The van der Waals surface area contributed by atoms with Crippen molar-refractivity contribution in [2.24, 2.45) is 10.8 Å². The van der Waals surface area contributed by atoms with Gasteiger partial charge in [-0.25, -0.2) is 18.8 Å². The highest BCUT2D eigenvalue weighted by Gasteiger charge is 2.47. The standard InChI is InChI=1S/C23H23F2N5OS2/c1-29(2)21(31)19-14-32-22(27-19)30-23(11-6-12-26,15-7-4-3-5-8-15)33-20(28-30)17-13-16(24)9-10-18(17)25/h3-5,7-10,13-14H,6,11-12,26H2,1-2H3. The molecule has 0 fully saturated rings.